The first kappa shape index (κ1) is 26.0. The van der Waals surface area contributed by atoms with Crippen LogP contribution >= 0.6 is 0 Å². The number of nitrogens with zero attached hydrogens (tertiary/aromatic N) is 1. The normalized spacial score (nSPS) is 19.5. The number of carbonyl (C=O) groups is 3. The van der Waals surface area contributed by atoms with Gasteiger partial charge in [-0.3, -0.25) is 4.79 Å². The third-order valence-electron chi connectivity index (χ3n) is 5.34. The van der Waals surface area contributed by atoms with Crippen LogP contribution in [-0.4, -0.2) is 23.8 Å². The molecule has 1 aromatic carbocycles. The van der Waals surface area contributed by atoms with E-state index >= 15 is 0 Å². The van der Waals surface area contributed by atoms with Crippen LogP contribution in [0.15, 0.2) is 11.6 Å². The highest BCUT2D eigenvalue weighted by molar-refractivity contribution is 5.93. The molecule has 0 saturated heterocycles. The van der Waals surface area contributed by atoms with E-state index in [1.807, 2.05) is 0 Å². The number of ether oxygens (including phenoxy) is 2. The Bertz CT molecular complexity index is 1040. The fourth-order valence-electron chi connectivity index (χ4n) is 3.45. The van der Waals surface area contributed by atoms with Crippen molar-refractivity contribution in [1.82, 2.24) is 0 Å². The number of benzene rings is 1. The van der Waals surface area contributed by atoms with E-state index in [9.17, 15) is 37.2 Å². The van der Waals surface area contributed by atoms with Gasteiger partial charge in [-0.25, -0.2) is 22.4 Å². The van der Waals surface area contributed by atoms with Gasteiger partial charge in [-0.2, -0.15) is 5.26 Å². The summed E-state index contributed by atoms with van der Waals surface area (Å²) in [7, 11) is 0. The predicted molar refractivity (Wildman–Crippen MR) is 106 cm³/mol. The molecule has 10 heteroatoms. The van der Waals surface area contributed by atoms with Crippen LogP contribution in [0.1, 0.15) is 45.7 Å². The van der Waals surface area contributed by atoms with E-state index in [0.717, 1.165) is 0 Å². The molecule has 1 aliphatic carbocycles. The first-order valence-corrected chi connectivity index (χ1v) is 9.96. The maximum absolute atomic E-state index is 14.2. The zero-order chi connectivity index (χ0) is 25.3. The Morgan fingerprint density at radius 1 is 1.06 bits per heavy atom. The Morgan fingerprint density at radius 3 is 2.03 bits per heavy atom. The van der Waals surface area contributed by atoms with E-state index in [4.69, 9.17) is 9.47 Å². The highest BCUT2D eigenvalue weighted by Gasteiger charge is 2.62. The predicted octanol–water partition coefficient (Wildman–Crippen LogP) is 4.09. The number of hydrogen-bond acceptors (Lipinski definition) is 6. The molecule has 33 heavy (non-hydrogen) atoms. The average Bonchev–Trinajstić information content (AvgIpc) is 3.26. The van der Waals surface area contributed by atoms with E-state index in [1.54, 1.807) is 40.7 Å². The molecule has 2 atom stereocenters. The Labute approximate surface area is 188 Å². The fraction of sp³-hybridized carbons (Fsp3) is 0.478. The van der Waals surface area contributed by atoms with Gasteiger partial charge in [-0.05, 0) is 32.1 Å². The van der Waals surface area contributed by atoms with Crippen LogP contribution in [0.5, 0.6) is 0 Å². The molecule has 2 unspecified atom stereocenters. The maximum atomic E-state index is 14.2. The number of carbonyl (C=O) groups excluding carboxylic acids is 3. The third kappa shape index (κ3) is 5.41. The van der Waals surface area contributed by atoms with E-state index < -0.39 is 82.2 Å². The van der Waals surface area contributed by atoms with E-state index in [-0.39, 0.29) is 11.9 Å². The summed E-state index contributed by atoms with van der Waals surface area (Å²) in [4.78, 5) is 35.1. The monoisotopic (exact) mass is 469 g/mol. The summed E-state index contributed by atoms with van der Waals surface area (Å²) in [6.07, 6.45) is 0.499. The lowest BCUT2D eigenvalue weighted by Gasteiger charge is -2.19. The van der Waals surface area contributed by atoms with E-state index in [1.165, 1.54) is 6.08 Å². The van der Waals surface area contributed by atoms with Gasteiger partial charge < -0.3 is 14.3 Å². The highest BCUT2D eigenvalue weighted by Crippen LogP contribution is 2.60. The smallest absolute Gasteiger partial charge is 0.349 e. The molecule has 1 aromatic rings. The van der Waals surface area contributed by atoms with Gasteiger partial charge in [0.25, 0.3) is 0 Å². The Morgan fingerprint density at radius 2 is 1.58 bits per heavy atom. The summed E-state index contributed by atoms with van der Waals surface area (Å²) in [5.74, 6) is -10.3. The van der Waals surface area contributed by atoms with Crippen LogP contribution < -0.4 is 0 Å². The van der Waals surface area contributed by atoms with Gasteiger partial charge in [-0.1, -0.05) is 19.9 Å². The first-order chi connectivity index (χ1) is 15.2. The summed E-state index contributed by atoms with van der Waals surface area (Å²) in [5.41, 5.74) is -4.11. The van der Waals surface area contributed by atoms with Crippen LogP contribution in [0.25, 0.3) is 0 Å². The van der Waals surface area contributed by atoms with Crippen molar-refractivity contribution in [2.75, 3.05) is 0 Å². The Kier molecular flexibility index (Phi) is 7.36. The summed E-state index contributed by atoms with van der Waals surface area (Å²) < 4.78 is 66.4. The van der Waals surface area contributed by atoms with Crippen LogP contribution in [0.3, 0.4) is 0 Å². The van der Waals surface area contributed by atoms with Crippen LogP contribution in [0.4, 0.5) is 17.6 Å². The topological polar surface area (TPSA) is 93.5 Å². The van der Waals surface area contributed by atoms with E-state index in [2.05, 4.69) is 0 Å². The molecule has 0 amide bonds. The van der Waals surface area contributed by atoms with Crippen molar-refractivity contribution in [3.8, 4) is 6.07 Å². The molecule has 0 aromatic heterocycles. The van der Waals surface area contributed by atoms with Gasteiger partial charge in [0.2, 0.25) is 0 Å². The summed E-state index contributed by atoms with van der Waals surface area (Å²) in [6, 6.07) is 1.72. The number of esters is 2. The van der Waals surface area contributed by atoms with Gasteiger partial charge in [0, 0.05) is 12.0 Å². The van der Waals surface area contributed by atoms with Crippen molar-refractivity contribution in [2.45, 2.75) is 53.2 Å². The fourth-order valence-corrected chi connectivity index (χ4v) is 3.45. The Balaban J connectivity index is 2.20. The molecule has 0 spiro atoms. The van der Waals surface area contributed by atoms with Crippen molar-refractivity contribution < 1.29 is 41.4 Å². The van der Waals surface area contributed by atoms with Crippen LogP contribution in [0.2, 0.25) is 0 Å². The van der Waals surface area contributed by atoms with Crippen molar-refractivity contribution in [3.05, 3.63) is 46.0 Å². The van der Waals surface area contributed by atoms with Gasteiger partial charge >= 0.3 is 11.9 Å². The molecular weight excluding hydrogens is 446 g/mol. The standard InChI is InChI=1S/C23H23F4NO5/c1-22(2,3)33-20(30)11(9-28)8-14-15(23(14,4)5)21(31)32-10-13-18(26)16(24)12(6-7-29)17(25)19(13)27/h7-8,14-15H,6,10H2,1-5H3/b11-8+. The quantitative estimate of drug-likeness (QED) is 0.149. The van der Waals surface area contributed by atoms with Crippen molar-refractivity contribution in [1.29, 1.82) is 5.26 Å². The molecule has 0 N–H and O–H groups in total. The lowest BCUT2D eigenvalue weighted by Crippen LogP contribution is -2.24. The van der Waals surface area contributed by atoms with Gasteiger partial charge in [0.15, 0.2) is 23.3 Å². The van der Waals surface area contributed by atoms with Gasteiger partial charge in [-0.15, -0.1) is 0 Å². The van der Waals surface area contributed by atoms with Crippen LogP contribution in [-0.2, 0) is 36.9 Å². The number of halogens is 4. The molecule has 1 aliphatic rings. The largest absolute Gasteiger partial charge is 0.460 e. The van der Waals surface area contributed by atoms with Crippen LogP contribution in [0, 0.1) is 51.9 Å². The third-order valence-corrected chi connectivity index (χ3v) is 5.34. The Hall–Kier alpha value is -3.22. The molecule has 1 saturated carbocycles. The van der Waals surface area contributed by atoms with Gasteiger partial charge in [0.05, 0.1) is 11.5 Å². The first-order valence-electron chi connectivity index (χ1n) is 9.96. The molecule has 6 nitrogen and oxygen atoms in total. The van der Waals surface area contributed by atoms with Crippen molar-refractivity contribution >= 4 is 18.2 Å². The lowest BCUT2D eigenvalue weighted by atomic mass is 10.1. The molecule has 0 aliphatic heterocycles. The minimum Gasteiger partial charge on any atom is -0.460 e. The second-order valence-electron chi connectivity index (χ2n) is 9.21. The molecule has 0 heterocycles. The minimum absolute atomic E-state index is 0.0929. The molecular formula is C23H23F4NO5. The minimum atomic E-state index is -1.76. The molecule has 178 valence electrons. The summed E-state index contributed by atoms with van der Waals surface area (Å²) in [6.45, 7) is 7.08. The summed E-state index contributed by atoms with van der Waals surface area (Å²) in [5, 5.41) is 9.28. The number of rotatable bonds is 7. The molecule has 2 rings (SSSR count). The lowest BCUT2D eigenvalue weighted by molar-refractivity contribution is -0.150. The number of aldehydes is 1. The second-order valence-corrected chi connectivity index (χ2v) is 9.21. The molecule has 0 radical (unpaired) electrons. The molecule has 1 fully saturated rings. The average molecular weight is 469 g/mol. The zero-order valence-electron chi connectivity index (χ0n) is 18.7. The van der Waals surface area contributed by atoms with Crippen molar-refractivity contribution in [2.24, 2.45) is 17.3 Å². The number of nitriles is 1. The molecule has 0 bridgehead atoms. The number of hydrogen-bond donors (Lipinski definition) is 0. The van der Waals surface area contributed by atoms with E-state index in [0.29, 0.717) is 0 Å². The highest BCUT2D eigenvalue weighted by atomic mass is 19.2. The van der Waals surface area contributed by atoms with Gasteiger partial charge in [0.1, 0.15) is 30.1 Å². The summed E-state index contributed by atoms with van der Waals surface area (Å²) >= 11 is 0. The SMILES string of the molecule is CC(C)(C)OC(=O)/C(C#N)=C/C1C(C(=O)OCc2c(F)c(F)c(CC=O)c(F)c2F)C1(C)C. The van der Waals surface area contributed by atoms with Crippen molar-refractivity contribution in [3.63, 3.8) is 0 Å². The number of allylic oxidation sites excluding steroid dienone is 1. The zero-order valence-corrected chi connectivity index (χ0v) is 18.7. The second kappa shape index (κ2) is 9.33. The maximum Gasteiger partial charge on any atom is 0.349 e.